The molecule has 16 heavy (non-hydrogen) atoms. The molecule has 1 unspecified atom stereocenters. The zero-order valence-electron chi connectivity index (χ0n) is 8.51. The standard InChI is InChI=1S/C9H12N2O3S2/c12-7-3-8(13)11(9(14)10-7)4-6-5-15-1-2-16-6/h3,6,13H,1-2,4-5H2,(H,10,12,14). The minimum absolute atomic E-state index is 0.259. The molecule has 0 saturated carbocycles. The summed E-state index contributed by atoms with van der Waals surface area (Å²) >= 11 is 3.64. The van der Waals surface area contributed by atoms with Crippen molar-refractivity contribution in [3.8, 4) is 5.88 Å². The van der Waals surface area contributed by atoms with Crippen LogP contribution in [0.15, 0.2) is 15.7 Å². The lowest BCUT2D eigenvalue weighted by Crippen LogP contribution is -2.33. The average molecular weight is 260 g/mol. The van der Waals surface area contributed by atoms with Crippen molar-refractivity contribution in [1.82, 2.24) is 9.55 Å². The summed E-state index contributed by atoms with van der Waals surface area (Å²) in [5.74, 6) is 2.90. The van der Waals surface area contributed by atoms with Gasteiger partial charge < -0.3 is 5.11 Å². The van der Waals surface area contributed by atoms with Crippen LogP contribution in [0, 0.1) is 0 Å². The lowest BCUT2D eigenvalue weighted by molar-refractivity contribution is 0.400. The lowest BCUT2D eigenvalue weighted by Gasteiger charge is -2.21. The van der Waals surface area contributed by atoms with Crippen molar-refractivity contribution >= 4 is 23.5 Å². The fraction of sp³-hybridized carbons (Fsp3) is 0.556. The van der Waals surface area contributed by atoms with E-state index in [0.717, 1.165) is 23.3 Å². The van der Waals surface area contributed by atoms with Gasteiger partial charge in [-0.2, -0.15) is 23.5 Å². The van der Waals surface area contributed by atoms with E-state index in [9.17, 15) is 14.7 Å². The molecule has 0 spiro atoms. The number of thioether (sulfide) groups is 2. The first kappa shape index (κ1) is 11.7. The molecule has 0 aliphatic carbocycles. The Labute approximate surface area is 100 Å². The summed E-state index contributed by atoms with van der Waals surface area (Å²) in [5, 5.41) is 9.84. The van der Waals surface area contributed by atoms with E-state index in [1.54, 1.807) is 11.8 Å². The first-order valence-corrected chi connectivity index (χ1v) is 7.09. The minimum atomic E-state index is -0.565. The number of aromatic amines is 1. The van der Waals surface area contributed by atoms with Crippen molar-refractivity contribution in [2.45, 2.75) is 11.8 Å². The van der Waals surface area contributed by atoms with Crippen LogP contribution < -0.4 is 11.2 Å². The zero-order valence-corrected chi connectivity index (χ0v) is 10.1. The Hall–Kier alpha value is -0.820. The van der Waals surface area contributed by atoms with Crippen LogP contribution in [0.1, 0.15) is 0 Å². The normalized spacial score (nSPS) is 20.9. The van der Waals surface area contributed by atoms with Crippen LogP contribution >= 0.6 is 23.5 Å². The van der Waals surface area contributed by atoms with Gasteiger partial charge in [-0.15, -0.1) is 0 Å². The first-order valence-electron chi connectivity index (χ1n) is 4.89. The van der Waals surface area contributed by atoms with Crippen LogP contribution in [0.25, 0.3) is 0 Å². The molecule has 1 aliphatic rings. The summed E-state index contributed by atoms with van der Waals surface area (Å²) in [5.41, 5.74) is -1.11. The number of nitrogens with zero attached hydrogens (tertiary/aromatic N) is 1. The largest absolute Gasteiger partial charge is 0.494 e. The average Bonchev–Trinajstić information content (AvgIpc) is 2.25. The van der Waals surface area contributed by atoms with Gasteiger partial charge in [-0.25, -0.2) is 4.79 Å². The van der Waals surface area contributed by atoms with Crippen molar-refractivity contribution in [3.05, 3.63) is 26.9 Å². The highest BCUT2D eigenvalue weighted by atomic mass is 32.2. The highest BCUT2D eigenvalue weighted by Gasteiger charge is 2.17. The summed E-state index contributed by atoms with van der Waals surface area (Å²) in [6.45, 7) is 0.444. The van der Waals surface area contributed by atoms with Gasteiger partial charge in [0, 0.05) is 29.1 Å². The predicted molar refractivity (Wildman–Crippen MR) is 66.6 cm³/mol. The van der Waals surface area contributed by atoms with E-state index in [4.69, 9.17) is 0 Å². The Bertz CT molecular complexity index is 476. The number of H-pyrrole nitrogens is 1. The van der Waals surface area contributed by atoms with Gasteiger partial charge in [0.1, 0.15) is 0 Å². The Morgan fingerprint density at radius 2 is 2.31 bits per heavy atom. The second kappa shape index (κ2) is 5.01. The third kappa shape index (κ3) is 2.65. The van der Waals surface area contributed by atoms with Crippen LogP contribution in [0.5, 0.6) is 5.88 Å². The lowest BCUT2D eigenvalue weighted by atomic mass is 10.4. The van der Waals surface area contributed by atoms with E-state index in [1.165, 1.54) is 4.57 Å². The number of nitrogens with one attached hydrogen (secondary N) is 1. The Morgan fingerprint density at radius 3 is 2.94 bits per heavy atom. The zero-order chi connectivity index (χ0) is 11.5. The number of hydrogen-bond acceptors (Lipinski definition) is 5. The SMILES string of the molecule is O=c1cc(O)n(CC2CSCCS2)c(=O)[nH]1. The third-order valence-electron chi connectivity index (χ3n) is 2.28. The van der Waals surface area contributed by atoms with Gasteiger partial charge in [0.15, 0.2) is 0 Å². The molecule has 2 rings (SSSR count). The molecule has 1 saturated heterocycles. The summed E-state index contributed by atoms with van der Waals surface area (Å²) in [4.78, 5) is 24.5. The molecule has 1 aliphatic heterocycles. The third-order valence-corrected chi connectivity index (χ3v) is 5.11. The molecular formula is C9H12N2O3S2. The van der Waals surface area contributed by atoms with Gasteiger partial charge in [0.25, 0.3) is 5.56 Å². The number of hydrogen-bond donors (Lipinski definition) is 2. The maximum absolute atomic E-state index is 11.5. The van der Waals surface area contributed by atoms with Crippen LogP contribution in [-0.4, -0.2) is 37.2 Å². The molecule has 0 amide bonds. The van der Waals surface area contributed by atoms with Gasteiger partial charge in [-0.3, -0.25) is 14.3 Å². The highest BCUT2D eigenvalue weighted by molar-refractivity contribution is 8.06. The quantitative estimate of drug-likeness (QED) is 0.788. The molecule has 5 nitrogen and oxygen atoms in total. The first-order chi connectivity index (χ1) is 7.66. The summed E-state index contributed by atoms with van der Waals surface area (Å²) in [6.07, 6.45) is 0. The molecule has 2 heterocycles. The van der Waals surface area contributed by atoms with E-state index in [1.807, 2.05) is 11.8 Å². The maximum Gasteiger partial charge on any atom is 0.331 e. The topological polar surface area (TPSA) is 75.1 Å². The molecule has 1 fully saturated rings. The Kier molecular flexibility index (Phi) is 3.65. The fourth-order valence-corrected chi connectivity index (χ4v) is 4.18. The van der Waals surface area contributed by atoms with Crippen molar-refractivity contribution in [2.75, 3.05) is 17.3 Å². The molecule has 7 heteroatoms. The van der Waals surface area contributed by atoms with Crippen LogP contribution in [0.4, 0.5) is 0 Å². The molecule has 1 aromatic rings. The van der Waals surface area contributed by atoms with Crippen molar-refractivity contribution in [1.29, 1.82) is 0 Å². The van der Waals surface area contributed by atoms with Crippen LogP contribution in [0.2, 0.25) is 0 Å². The van der Waals surface area contributed by atoms with Crippen molar-refractivity contribution in [3.63, 3.8) is 0 Å². The van der Waals surface area contributed by atoms with Gasteiger partial charge in [0.2, 0.25) is 5.88 Å². The molecule has 88 valence electrons. The number of aromatic nitrogens is 2. The van der Waals surface area contributed by atoms with Crippen LogP contribution in [-0.2, 0) is 6.54 Å². The number of rotatable bonds is 2. The summed E-state index contributed by atoms with van der Waals surface area (Å²) in [7, 11) is 0. The van der Waals surface area contributed by atoms with E-state index in [2.05, 4.69) is 4.98 Å². The second-order valence-corrected chi connectivity index (χ2v) is 6.03. The molecule has 2 N–H and O–H groups in total. The second-order valence-electron chi connectivity index (χ2n) is 3.48. The van der Waals surface area contributed by atoms with Crippen LogP contribution in [0.3, 0.4) is 0 Å². The van der Waals surface area contributed by atoms with E-state index < -0.39 is 11.2 Å². The van der Waals surface area contributed by atoms with Crippen molar-refractivity contribution < 1.29 is 5.11 Å². The summed E-state index contributed by atoms with van der Waals surface area (Å²) in [6, 6.07) is 1.03. The van der Waals surface area contributed by atoms with Crippen molar-refractivity contribution in [2.24, 2.45) is 0 Å². The molecule has 1 atom stereocenters. The number of aromatic hydroxyl groups is 1. The molecule has 0 aromatic carbocycles. The van der Waals surface area contributed by atoms with Gasteiger partial charge >= 0.3 is 5.69 Å². The molecule has 1 aromatic heterocycles. The monoisotopic (exact) mass is 260 g/mol. The minimum Gasteiger partial charge on any atom is -0.494 e. The smallest absolute Gasteiger partial charge is 0.331 e. The van der Waals surface area contributed by atoms with E-state index >= 15 is 0 Å². The fourth-order valence-electron chi connectivity index (χ4n) is 1.53. The molecule has 0 radical (unpaired) electrons. The highest BCUT2D eigenvalue weighted by Crippen LogP contribution is 2.25. The van der Waals surface area contributed by atoms with Gasteiger partial charge in [-0.1, -0.05) is 0 Å². The predicted octanol–water partition coefficient (Wildman–Crippen LogP) is 0.0908. The van der Waals surface area contributed by atoms with Gasteiger partial charge in [-0.05, 0) is 0 Å². The molecular weight excluding hydrogens is 248 g/mol. The van der Waals surface area contributed by atoms with E-state index in [0.29, 0.717) is 11.8 Å². The maximum atomic E-state index is 11.5. The van der Waals surface area contributed by atoms with E-state index in [-0.39, 0.29) is 5.88 Å². The Balaban J connectivity index is 2.20. The summed E-state index contributed by atoms with van der Waals surface area (Å²) < 4.78 is 1.21. The van der Waals surface area contributed by atoms with Gasteiger partial charge in [0.05, 0.1) is 6.07 Å². The Morgan fingerprint density at radius 1 is 1.50 bits per heavy atom. The molecule has 0 bridgehead atoms.